The highest BCUT2D eigenvalue weighted by Crippen LogP contribution is 2.34. The summed E-state index contributed by atoms with van der Waals surface area (Å²) in [6.45, 7) is 2.10. The van der Waals surface area contributed by atoms with Crippen LogP contribution in [0.1, 0.15) is 12.6 Å². The van der Waals surface area contributed by atoms with E-state index in [0.29, 0.717) is 0 Å². The minimum absolute atomic E-state index is 0.790. The Hall–Kier alpha value is -1.55. The van der Waals surface area contributed by atoms with Gasteiger partial charge in [0.2, 0.25) is 0 Å². The van der Waals surface area contributed by atoms with E-state index < -0.39 is 0 Å². The topological polar surface area (TPSA) is 31.4 Å². The van der Waals surface area contributed by atoms with Gasteiger partial charge in [0.25, 0.3) is 0 Å². The lowest BCUT2D eigenvalue weighted by Gasteiger charge is -2.08. The molecule has 4 heteroatoms. The number of hydrogen-bond donors (Lipinski definition) is 0. The van der Waals surface area contributed by atoms with Gasteiger partial charge in [0.05, 0.1) is 25.5 Å². The van der Waals surface area contributed by atoms with Crippen molar-refractivity contribution in [1.82, 2.24) is 4.98 Å². The lowest BCUT2D eigenvalue weighted by Crippen LogP contribution is -1.90. The van der Waals surface area contributed by atoms with E-state index in [-0.39, 0.29) is 0 Å². The van der Waals surface area contributed by atoms with Gasteiger partial charge in [-0.3, -0.25) is 0 Å². The largest absolute Gasteiger partial charge is 0.497 e. The fraction of sp³-hybridized carbons (Fsp3) is 0.308. The number of aromatic nitrogens is 1. The van der Waals surface area contributed by atoms with Gasteiger partial charge < -0.3 is 9.47 Å². The summed E-state index contributed by atoms with van der Waals surface area (Å²) in [5.74, 6) is 1.58. The molecule has 0 unspecified atom stereocenters. The molecule has 2 rings (SSSR count). The molecule has 0 bridgehead atoms. The lowest BCUT2D eigenvalue weighted by molar-refractivity contribution is 0.395. The number of thiazole rings is 1. The van der Waals surface area contributed by atoms with Crippen molar-refractivity contribution in [3.8, 4) is 22.1 Å². The molecule has 0 amide bonds. The van der Waals surface area contributed by atoms with Gasteiger partial charge in [0, 0.05) is 11.4 Å². The Morgan fingerprint density at radius 1 is 1.24 bits per heavy atom. The van der Waals surface area contributed by atoms with Crippen LogP contribution in [0.5, 0.6) is 11.5 Å². The molecule has 2 aromatic rings. The van der Waals surface area contributed by atoms with E-state index in [9.17, 15) is 0 Å². The van der Waals surface area contributed by atoms with Gasteiger partial charge >= 0.3 is 0 Å². The number of rotatable bonds is 4. The molecule has 90 valence electrons. The molecule has 0 spiro atoms. The van der Waals surface area contributed by atoms with Gasteiger partial charge in [-0.1, -0.05) is 6.92 Å². The molecule has 0 atom stereocenters. The van der Waals surface area contributed by atoms with E-state index in [1.165, 1.54) is 0 Å². The Bertz CT molecular complexity index is 508. The molecule has 0 saturated carbocycles. The third kappa shape index (κ3) is 2.42. The maximum Gasteiger partial charge on any atom is 0.132 e. The number of nitrogens with zero attached hydrogens (tertiary/aromatic N) is 1. The molecule has 1 heterocycles. The summed E-state index contributed by atoms with van der Waals surface area (Å²) in [6.07, 6.45) is 0.953. The molecule has 1 aromatic carbocycles. The lowest BCUT2D eigenvalue weighted by atomic mass is 10.2. The normalized spacial score (nSPS) is 10.3. The Balaban J connectivity index is 2.43. The average Bonchev–Trinajstić information content (AvgIpc) is 2.86. The van der Waals surface area contributed by atoms with Crippen molar-refractivity contribution in [3.05, 3.63) is 29.3 Å². The van der Waals surface area contributed by atoms with E-state index in [1.54, 1.807) is 25.6 Å². The minimum atomic E-state index is 0.790. The van der Waals surface area contributed by atoms with E-state index >= 15 is 0 Å². The van der Waals surface area contributed by atoms with Gasteiger partial charge in [-0.2, -0.15) is 0 Å². The first kappa shape index (κ1) is 11.9. The molecule has 0 aliphatic rings. The molecular formula is C13H15NO2S. The molecule has 0 radical (unpaired) electrons. The fourth-order valence-corrected chi connectivity index (χ4v) is 2.50. The second kappa shape index (κ2) is 5.19. The van der Waals surface area contributed by atoms with Crippen molar-refractivity contribution in [2.75, 3.05) is 14.2 Å². The zero-order chi connectivity index (χ0) is 12.3. The van der Waals surface area contributed by atoms with Crippen LogP contribution in [0.25, 0.3) is 10.6 Å². The number of aryl methyl sites for hydroxylation is 1. The fourth-order valence-electron chi connectivity index (χ4n) is 1.57. The molecule has 0 saturated heterocycles. The zero-order valence-corrected chi connectivity index (χ0v) is 11.0. The number of methoxy groups -OCH3 is 2. The van der Waals surface area contributed by atoms with Crippen LogP contribution in [0.15, 0.2) is 23.6 Å². The van der Waals surface area contributed by atoms with E-state index in [0.717, 1.165) is 34.2 Å². The van der Waals surface area contributed by atoms with Crippen LogP contribution in [-0.2, 0) is 6.42 Å². The molecule has 0 aliphatic heterocycles. The van der Waals surface area contributed by atoms with E-state index in [2.05, 4.69) is 17.3 Å². The first-order chi connectivity index (χ1) is 8.28. The van der Waals surface area contributed by atoms with Crippen molar-refractivity contribution >= 4 is 11.3 Å². The molecule has 1 aromatic heterocycles. The molecule has 0 fully saturated rings. The van der Waals surface area contributed by atoms with Crippen LogP contribution in [0.3, 0.4) is 0 Å². The SMILES string of the molecule is CCc1csc(-c2ccc(OC)cc2OC)n1. The van der Waals surface area contributed by atoms with Gasteiger partial charge in [-0.25, -0.2) is 4.98 Å². The second-order valence-electron chi connectivity index (χ2n) is 3.56. The van der Waals surface area contributed by atoms with Crippen molar-refractivity contribution < 1.29 is 9.47 Å². The number of ether oxygens (including phenoxy) is 2. The van der Waals surface area contributed by atoms with Crippen molar-refractivity contribution in [1.29, 1.82) is 0 Å². The third-order valence-corrected chi connectivity index (χ3v) is 3.48. The zero-order valence-electron chi connectivity index (χ0n) is 10.2. The van der Waals surface area contributed by atoms with Crippen LogP contribution in [0, 0.1) is 0 Å². The summed E-state index contributed by atoms with van der Waals surface area (Å²) in [7, 11) is 3.31. The quantitative estimate of drug-likeness (QED) is 0.832. The van der Waals surface area contributed by atoms with Gasteiger partial charge in [-0.05, 0) is 18.6 Å². The van der Waals surface area contributed by atoms with Gasteiger partial charge in [0.15, 0.2) is 0 Å². The first-order valence-corrected chi connectivity index (χ1v) is 6.33. The standard InChI is InChI=1S/C13H15NO2S/c1-4-9-8-17-13(14-9)11-6-5-10(15-2)7-12(11)16-3/h5-8H,4H2,1-3H3. The predicted molar refractivity (Wildman–Crippen MR) is 70.0 cm³/mol. The molecule has 0 aliphatic carbocycles. The molecular weight excluding hydrogens is 234 g/mol. The summed E-state index contributed by atoms with van der Waals surface area (Å²) in [4.78, 5) is 4.56. The first-order valence-electron chi connectivity index (χ1n) is 5.45. The van der Waals surface area contributed by atoms with Gasteiger partial charge in [0.1, 0.15) is 16.5 Å². The summed E-state index contributed by atoms with van der Waals surface area (Å²) < 4.78 is 10.5. The summed E-state index contributed by atoms with van der Waals surface area (Å²) in [5, 5.41) is 3.07. The Morgan fingerprint density at radius 3 is 2.65 bits per heavy atom. The van der Waals surface area contributed by atoms with Crippen LogP contribution < -0.4 is 9.47 Å². The van der Waals surface area contributed by atoms with E-state index in [4.69, 9.17) is 9.47 Å². The van der Waals surface area contributed by atoms with Crippen LogP contribution in [0.2, 0.25) is 0 Å². The second-order valence-corrected chi connectivity index (χ2v) is 4.42. The highest BCUT2D eigenvalue weighted by Gasteiger charge is 2.10. The summed E-state index contributed by atoms with van der Waals surface area (Å²) in [5.41, 5.74) is 2.13. The molecule has 17 heavy (non-hydrogen) atoms. The average molecular weight is 249 g/mol. The smallest absolute Gasteiger partial charge is 0.132 e. The maximum absolute atomic E-state index is 5.37. The predicted octanol–water partition coefficient (Wildman–Crippen LogP) is 3.39. The minimum Gasteiger partial charge on any atom is -0.497 e. The number of hydrogen-bond acceptors (Lipinski definition) is 4. The molecule has 3 nitrogen and oxygen atoms in total. The Labute approximate surface area is 105 Å². The summed E-state index contributed by atoms with van der Waals surface area (Å²) in [6, 6.07) is 5.78. The Kier molecular flexibility index (Phi) is 3.64. The summed E-state index contributed by atoms with van der Waals surface area (Å²) >= 11 is 1.64. The Morgan fingerprint density at radius 2 is 2.06 bits per heavy atom. The van der Waals surface area contributed by atoms with Crippen LogP contribution >= 0.6 is 11.3 Å². The monoisotopic (exact) mass is 249 g/mol. The van der Waals surface area contributed by atoms with E-state index in [1.807, 2.05) is 18.2 Å². The maximum atomic E-state index is 5.37. The van der Waals surface area contributed by atoms with Crippen LogP contribution in [-0.4, -0.2) is 19.2 Å². The van der Waals surface area contributed by atoms with Crippen LogP contribution in [0.4, 0.5) is 0 Å². The number of benzene rings is 1. The molecule has 0 N–H and O–H groups in total. The van der Waals surface area contributed by atoms with Gasteiger partial charge in [-0.15, -0.1) is 11.3 Å². The highest BCUT2D eigenvalue weighted by atomic mass is 32.1. The van der Waals surface area contributed by atoms with Crippen molar-refractivity contribution in [2.45, 2.75) is 13.3 Å². The van der Waals surface area contributed by atoms with Crippen molar-refractivity contribution in [3.63, 3.8) is 0 Å². The van der Waals surface area contributed by atoms with Crippen molar-refractivity contribution in [2.24, 2.45) is 0 Å². The third-order valence-electron chi connectivity index (χ3n) is 2.55. The highest BCUT2D eigenvalue weighted by molar-refractivity contribution is 7.13.